The van der Waals surface area contributed by atoms with Crippen LogP contribution >= 0.6 is 0 Å². The summed E-state index contributed by atoms with van der Waals surface area (Å²) < 4.78 is 10.5. The zero-order valence-electron chi connectivity index (χ0n) is 13.6. The molecule has 3 rings (SSSR count). The van der Waals surface area contributed by atoms with Crippen molar-refractivity contribution in [3.63, 3.8) is 0 Å². The highest BCUT2D eigenvalue weighted by Crippen LogP contribution is 2.30. The Balaban J connectivity index is 2.11. The minimum Gasteiger partial charge on any atom is -0.497 e. The highest BCUT2D eigenvalue weighted by Gasteiger charge is 2.19. The number of rotatable bonds is 6. The summed E-state index contributed by atoms with van der Waals surface area (Å²) in [7, 11) is 1.55. The number of methoxy groups -OCH3 is 1. The summed E-state index contributed by atoms with van der Waals surface area (Å²) in [5.74, 6) is -0.436. The van der Waals surface area contributed by atoms with Crippen LogP contribution in [-0.2, 0) is 4.79 Å². The van der Waals surface area contributed by atoms with Crippen molar-refractivity contribution in [3.05, 3.63) is 71.8 Å². The van der Waals surface area contributed by atoms with Gasteiger partial charge in [-0.05, 0) is 41.1 Å². The third-order valence-corrected chi connectivity index (χ3v) is 3.82. The van der Waals surface area contributed by atoms with E-state index in [1.54, 1.807) is 43.5 Å². The Morgan fingerprint density at radius 1 is 0.960 bits per heavy atom. The number of carbonyl (C=O) groups is 2. The SMILES string of the molecule is COc1ccc(C(=O)c2c(OCC(=O)O)ccc3ccccc23)cc1. The van der Waals surface area contributed by atoms with Crippen LogP contribution in [0.5, 0.6) is 11.5 Å². The van der Waals surface area contributed by atoms with E-state index in [1.807, 2.05) is 24.3 Å². The quantitative estimate of drug-likeness (QED) is 0.697. The predicted molar refractivity (Wildman–Crippen MR) is 93.5 cm³/mol. The van der Waals surface area contributed by atoms with Gasteiger partial charge in [0.2, 0.25) is 0 Å². The lowest BCUT2D eigenvalue weighted by molar-refractivity contribution is -0.139. The Morgan fingerprint density at radius 2 is 1.68 bits per heavy atom. The Kier molecular flexibility index (Phi) is 4.66. The fourth-order valence-electron chi connectivity index (χ4n) is 2.63. The number of hydrogen-bond acceptors (Lipinski definition) is 4. The van der Waals surface area contributed by atoms with E-state index in [0.29, 0.717) is 22.3 Å². The molecule has 1 N–H and O–H groups in total. The summed E-state index contributed by atoms with van der Waals surface area (Å²) in [5, 5.41) is 10.5. The van der Waals surface area contributed by atoms with Crippen molar-refractivity contribution in [2.24, 2.45) is 0 Å². The lowest BCUT2D eigenvalue weighted by Crippen LogP contribution is -2.13. The van der Waals surface area contributed by atoms with Gasteiger partial charge in [-0.2, -0.15) is 0 Å². The van der Waals surface area contributed by atoms with E-state index in [-0.39, 0.29) is 11.5 Å². The third kappa shape index (κ3) is 3.45. The molecule has 0 spiro atoms. The average molecular weight is 336 g/mol. The molecule has 3 aromatic carbocycles. The first-order valence-electron chi connectivity index (χ1n) is 7.65. The van der Waals surface area contributed by atoms with Gasteiger partial charge in [0.15, 0.2) is 12.4 Å². The van der Waals surface area contributed by atoms with Crippen LogP contribution in [0.25, 0.3) is 10.8 Å². The molecule has 0 unspecified atom stereocenters. The van der Waals surface area contributed by atoms with Gasteiger partial charge < -0.3 is 14.6 Å². The van der Waals surface area contributed by atoms with Gasteiger partial charge in [-0.25, -0.2) is 4.79 Å². The van der Waals surface area contributed by atoms with E-state index < -0.39 is 12.6 Å². The number of carboxylic acids is 1. The number of ether oxygens (including phenoxy) is 2. The second kappa shape index (κ2) is 7.05. The third-order valence-electron chi connectivity index (χ3n) is 3.82. The highest BCUT2D eigenvalue weighted by molar-refractivity contribution is 6.18. The molecule has 3 aromatic rings. The number of aliphatic carboxylic acids is 1. The van der Waals surface area contributed by atoms with E-state index in [9.17, 15) is 9.59 Å². The smallest absolute Gasteiger partial charge is 0.341 e. The maximum Gasteiger partial charge on any atom is 0.341 e. The first-order valence-corrected chi connectivity index (χ1v) is 7.65. The summed E-state index contributed by atoms with van der Waals surface area (Å²) in [4.78, 5) is 23.9. The van der Waals surface area contributed by atoms with Crippen LogP contribution in [0.3, 0.4) is 0 Å². The number of carbonyl (C=O) groups excluding carboxylic acids is 1. The van der Waals surface area contributed by atoms with Crippen LogP contribution in [0.15, 0.2) is 60.7 Å². The van der Waals surface area contributed by atoms with Crippen molar-refractivity contribution < 1.29 is 24.2 Å². The van der Waals surface area contributed by atoms with E-state index >= 15 is 0 Å². The van der Waals surface area contributed by atoms with Gasteiger partial charge >= 0.3 is 5.97 Å². The van der Waals surface area contributed by atoms with Crippen molar-refractivity contribution in [1.82, 2.24) is 0 Å². The van der Waals surface area contributed by atoms with Crippen molar-refractivity contribution in [1.29, 1.82) is 0 Å². The van der Waals surface area contributed by atoms with Crippen LogP contribution in [0.2, 0.25) is 0 Å². The van der Waals surface area contributed by atoms with Gasteiger partial charge in [0, 0.05) is 5.56 Å². The van der Waals surface area contributed by atoms with Gasteiger partial charge in [-0.15, -0.1) is 0 Å². The molecule has 0 aliphatic rings. The van der Waals surface area contributed by atoms with E-state index in [4.69, 9.17) is 14.6 Å². The normalized spacial score (nSPS) is 10.4. The lowest BCUT2D eigenvalue weighted by Gasteiger charge is -2.13. The first-order chi connectivity index (χ1) is 12.1. The topological polar surface area (TPSA) is 72.8 Å². The summed E-state index contributed by atoms with van der Waals surface area (Å²) in [6, 6.07) is 17.6. The van der Waals surface area contributed by atoms with E-state index in [2.05, 4.69) is 0 Å². The molecule has 0 radical (unpaired) electrons. The predicted octanol–water partition coefficient (Wildman–Crippen LogP) is 3.54. The van der Waals surface area contributed by atoms with Crippen LogP contribution in [0.4, 0.5) is 0 Å². The van der Waals surface area contributed by atoms with Crippen molar-refractivity contribution in [2.75, 3.05) is 13.7 Å². The Bertz CT molecular complexity index is 928. The molecule has 0 saturated heterocycles. The molecule has 0 aromatic heterocycles. The summed E-state index contributed by atoms with van der Waals surface area (Å²) in [6.45, 7) is -0.513. The molecular weight excluding hydrogens is 320 g/mol. The van der Waals surface area contributed by atoms with Crippen molar-refractivity contribution in [2.45, 2.75) is 0 Å². The van der Waals surface area contributed by atoms with Gasteiger partial charge in [0.25, 0.3) is 0 Å². The molecule has 0 saturated carbocycles. The van der Waals surface area contributed by atoms with Crippen LogP contribution in [0, 0.1) is 0 Å². The molecule has 126 valence electrons. The summed E-state index contributed by atoms with van der Waals surface area (Å²) in [6.07, 6.45) is 0. The molecule has 0 aliphatic heterocycles. The molecule has 25 heavy (non-hydrogen) atoms. The molecule has 0 bridgehead atoms. The standard InChI is InChI=1S/C20H16O5/c1-24-15-9-6-14(7-10-15)20(23)19-16-5-3-2-4-13(16)8-11-17(19)25-12-18(21)22/h2-11H,12H2,1H3,(H,21,22). The maximum atomic E-state index is 13.1. The maximum absolute atomic E-state index is 13.1. The van der Waals surface area contributed by atoms with Crippen molar-refractivity contribution in [3.8, 4) is 11.5 Å². The number of fused-ring (bicyclic) bond motifs is 1. The Morgan fingerprint density at radius 3 is 2.36 bits per heavy atom. The zero-order valence-corrected chi connectivity index (χ0v) is 13.6. The van der Waals surface area contributed by atoms with E-state index in [0.717, 1.165) is 5.39 Å². The molecule has 0 aliphatic carbocycles. The Hall–Kier alpha value is -3.34. The Labute approximate surface area is 144 Å². The first kappa shape index (κ1) is 16.5. The molecule has 0 atom stereocenters. The minimum absolute atomic E-state index is 0.236. The van der Waals surface area contributed by atoms with Gasteiger partial charge in [0.1, 0.15) is 11.5 Å². The van der Waals surface area contributed by atoms with Crippen LogP contribution in [-0.4, -0.2) is 30.6 Å². The second-order valence-electron chi connectivity index (χ2n) is 5.40. The largest absolute Gasteiger partial charge is 0.497 e. The zero-order chi connectivity index (χ0) is 17.8. The van der Waals surface area contributed by atoms with Gasteiger partial charge in [-0.1, -0.05) is 30.3 Å². The molecule has 0 fully saturated rings. The number of hydrogen-bond donors (Lipinski definition) is 1. The lowest BCUT2D eigenvalue weighted by atomic mass is 9.96. The van der Waals surface area contributed by atoms with Crippen molar-refractivity contribution >= 4 is 22.5 Å². The van der Waals surface area contributed by atoms with Gasteiger partial charge in [0.05, 0.1) is 12.7 Å². The summed E-state index contributed by atoms with van der Waals surface area (Å²) >= 11 is 0. The van der Waals surface area contributed by atoms with Crippen LogP contribution in [0.1, 0.15) is 15.9 Å². The fourth-order valence-corrected chi connectivity index (χ4v) is 2.63. The molecule has 0 heterocycles. The van der Waals surface area contributed by atoms with Crippen LogP contribution < -0.4 is 9.47 Å². The molecule has 5 heteroatoms. The molecule has 0 amide bonds. The minimum atomic E-state index is -1.10. The molecule has 5 nitrogen and oxygen atoms in total. The fraction of sp³-hybridized carbons (Fsp3) is 0.100. The number of ketones is 1. The van der Waals surface area contributed by atoms with Gasteiger partial charge in [-0.3, -0.25) is 4.79 Å². The molecular formula is C20H16O5. The summed E-state index contributed by atoms with van der Waals surface area (Å²) in [5.41, 5.74) is 0.821. The number of benzene rings is 3. The average Bonchev–Trinajstić information content (AvgIpc) is 2.65. The second-order valence-corrected chi connectivity index (χ2v) is 5.40. The monoisotopic (exact) mass is 336 g/mol. The highest BCUT2D eigenvalue weighted by atomic mass is 16.5. The number of carboxylic acid groups (broad SMARTS) is 1. The van der Waals surface area contributed by atoms with E-state index in [1.165, 1.54) is 0 Å².